The number of hydrogen-bond donors (Lipinski definition) is 2. The maximum atomic E-state index is 8.55. The number of unbranched alkanes of at least 4 members (excludes halogenated alkanes) is 1. The van der Waals surface area contributed by atoms with Crippen LogP contribution in [0.25, 0.3) is 0 Å². The number of rotatable bonds is 6. The summed E-state index contributed by atoms with van der Waals surface area (Å²) in [5.41, 5.74) is 0. The van der Waals surface area contributed by atoms with Gasteiger partial charge < -0.3 is 10.4 Å². The smallest absolute Gasteiger partial charge is 0.0445 e. The van der Waals surface area contributed by atoms with E-state index in [1.54, 1.807) is 0 Å². The quantitative estimate of drug-likeness (QED) is 0.549. The van der Waals surface area contributed by atoms with Crippen molar-refractivity contribution in [3.63, 3.8) is 0 Å². The van der Waals surface area contributed by atoms with Crippen molar-refractivity contribution in [3.8, 4) is 0 Å². The topological polar surface area (TPSA) is 32.3 Å². The lowest BCUT2D eigenvalue weighted by Gasteiger charge is -2.10. The number of aliphatic hydroxyl groups excluding tert-OH is 1. The second-order valence-corrected chi connectivity index (χ2v) is 2.72. The van der Waals surface area contributed by atoms with Crippen LogP contribution in [0.4, 0.5) is 0 Å². The minimum Gasteiger partial charge on any atom is -0.396 e. The SMILES string of the molecule is CCCCN[C@H](C)CCO. The minimum atomic E-state index is 0.292. The van der Waals surface area contributed by atoms with E-state index >= 15 is 0 Å². The molecule has 0 amide bonds. The summed E-state index contributed by atoms with van der Waals surface area (Å²) < 4.78 is 0. The van der Waals surface area contributed by atoms with Crippen LogP contribution in [-0.4, -0.2) is 24.3 Å². The van der Waals surface area contributed by atoms with E-state index in [-0.39, 0.29) is 0 Å². The van der Waals surface area contributed by atoms with E-state index in [1.165, 1.54) is 12.8 Å². The van der Waals surface area contributed by atoms with Crippen molar-refractivity contribution in [2.45, 2.75) is 39.2 Å². The molecular formula is C8H19NO. The van der Waals surface area contributed by atoms with E-state index < -0.39 is 0 Å². The molecule has 0 aromatic rings. The van der Waals surface area contributed by atoms with Gasteiger partial charge in [0.2, 0.25) is 0 Å². The summed E-state index contributed by atoms with van der Waals surface area (Å²) in [5.74, 6) is 0. The van der Waals surface area contributed by atoms with Gasteiger partial charge in [-0.1, -0.05) is 13.3 Å². The third kappa shape index (κ3) is 6.05. The number of aliphatic hydroxyl groups is 1. The first-order valence-electron chi connectivity index (χ1n) is 4.15. The molecule has 1 atom stereocenters. The van der Waals surface area contributed by atoms with Crippen LogP contribution in [0.1, 0.15) is 33.1 Å². The fraction of sp³-hybridized carbons (Fsp3) is 1.00. The highest BCUT2D eigenvalue weighted by molar-refractivity contribution is 4.58. The molecule has 0 aliphatic carbocycles. The van der Waals surface area contributed by atoms with E-state index in [1.807, 2.05) is 0 Å². The third-order valence-corrected chi connectivity index (χ3v) is 1.59. The molecule has 0 radical (unpaired) electrons. The summed E-state index contributed by atoms with van der Waals surface area (Å²) in [6, 6.07) is 0.469. The van der Waals surface area contributed by atoms with Crippen LogP contribution >= 0.6 is 0 Å². The normalized spacial score (nSPS) is 13.5. The Kier molecular flexibility index (Phi) is 6.98. The van der Waals surface area contributed by atoms with Crippen LogP contribution < -0.4 is 5.32 Å². The molecule has 0 spiro atoms. The van der Waals surface area contributed by atoms with E-state index in [9.17, 15) is 0 Å². The van der Waals surface area contributed by atoms with Gasteiger partial charge in [-0.3, -0.25) is 0 Å². The van der Waals surface area contributed by atoms with Gasteiger partial charge in [0.05, 0.1) is 0 Å². The third-order valence-electron chi connectivity index (χ3n) is 1.59. The Morgan fingerprint density at radius 3 is 2.70 bits per heavy atom. The average Bonchev–Trinajstić information content (AvgIpc) is 1.89. The molecule has 0 rings (SSSR count). The highest BCUT2D eigenvalue weighted by atomic mass is 16.3. The first-order valence-corrected chi connectivity index (χ1v) is 4.15. The van der Waals surface area contributed by atoms with Gasteiger partial charge in [-0.25, -0.2) is 0 Å². The molecule has 0 saturated carbocycles. The molecule has 2 N–H and O–H groups in total. The highest BCUT2D eigenvalue weighted by Crippen LogP contribution is 1.89. The van der Waals surface area contributed by atoms with Crippen molar-refractivity contribution in [3.05, 3.63) is 0 Å². The molecule has 0 unspecified atom stereocenters. The van der Waals surface area contributed by atoms with Crippen molar-refractivity contribution in [2.24, 2.45) is 0 Å². The molecular weight excluding hydrogens is 126 g/mol. The summed E-state index contributed by atoms with van der Waals surface area (Å²) in [6.07, 6.45) is 3.33. The minimum absolute atomic E-state index is 0.292. The Morgan fingerprint density at radius 2 is 2.20 bits per heavy atom. The van der Waals surface area contributed by atoms with Crippen molar-refractivity contribution in [1.82, 2.24) is 5.32 Å². The van der Waals surface area contributed by atoms with Gasteiger partial charge >= 0.3 is 0 Å². The van der Waals surface area contributed by atoms with Crippen LogP contribution in [0.2, 0.25) is 0 Å². The van der Waals surface area contributed by atoms with E-state index in [2.05, 4.69) is 19.2 Å². The summed E-state index contributed by atoms with van der Waals surface area (Å²) in [6.45, 7) is 5.65. The second kappa shape index (κ2) is 7.03. The van der Waals surface area contributed by atoms with Gasteiger partial charge in [0.25, 0.3) is 0 Å². The zero-order valence-electron chi connectivity index (χ0n) is 7.06. The Morgan fingerprint density at radius 1 is 1.50 bits per heavy atom. The molecule has 0 aliphatic rings. The fourth-order valence-corrected chi connectivity index (χ4v) is 0.821. The van der Waals surface area contributed by atoms with Crippen molar-refractivity contribution < 1.29 is 5.11 Å². The first-order chi connectivity index (χ1) is 4.81. The van der Waals surface area contributed by atoms with E-state index in [0.717, 1.165) is 13.0 Å². The van der Waals surface area contributed by atoms with Crippen LogP contribution in [0.3, 0.4) is 0 Å². The molecule has 10 heavy (non-hydrogen) atoms. The molecule has 0 fully saturated rings. The largest absolute Gasteiger partial charge is 0.396 e. The highest BCUT2D eigenvalue weighted by Gasteiger charge is 1.96. The number of hydrogen-bond acceptors (Lipinski definition) is 2. The Hall–Kier alpha value is -0.0800. The molecule has 0 saturated heterocycles. The molecule has 2 heteroatoms. The predicted octanol–water partition coefficient (Wildman–Crippen LogP) is 1.15. The van der Waals surface area contributed by atoms with Gasteiger partial charge in [-0.2, -0.15) is 0 Å². The standard InChI is InChI=1S/C8H19NO/c1-3-4-6-9-8(2)5-7-10/h8-10H,3-7H2,1-2H3/t8-/m1/s1. The van der Waals surface area contributed by atoms with Crippen molar-refractivity contribution >= 4 is 0 Å². The average molecular weight is 145 g/mol. The van der Waals surface area contributed by atoms with Gasteiger partial charge in [-0.15, -0.1) is 0 Å². The lowest BCUT2D eigenvalue weighted by Crippen LogP contribution is -2.27. The maximum Gasteiger partial charge on any atom is 0.0445 e. The summed E-state index contributed by atoms with van der Waals surface area (Å²) >= 11 is 0. The molecule has 0 aromatic heterocycles. The van der Waals surface area contributed by atoms with Crippen LogP contribution in [-0.2, 0) is 0 Å². The molecule has 62 valence electrons. The van der Waals surface area contributed by atoms with Crippen LogP contribution in [0.15, 0.2) is 0 Å². The predicted molar refractivity (Wildman–Crippen MR) is 44.1 cm³/mol. The van der Waals surface area contributed by atoms with Gasteiger partial charge in [0.1, 0.15) is 0 Å². The first kappa shape index (κ1) is 9.92. The number of nitrogens with one attached hydrogen (secondary N) is 1. The monoisotopic (exact) mass is 145 g/mol. The van der Waals surface area contributed by atoms with E-state index in [0.29, 0.717) is 12.6 Å². The zero-order chi connectivity index (χ0) is 7.82. The Balaban J connectivity index is 2.97. The van der Waals surface area contributed by atoms with Gasteiger partial charge in [0, 0.05) is 12.6 Å². The van der Waals surface area contributed by atoms with Crippen LogP contribution in [0, 0.1) is 0 Å². The molecule has 0 heterocycles. The Bertz CT molecular complexity index is 66.3. The fourth-order valence-electron chi connectivity index (χ4n) is 0.821. The van der Waals surface area contributed by atoms with Crippen molar-refractivity contribution in [1.29, 1.82) is 0 Å². The summed E-state index contributed by atoms with van der Waals surface area (Å²) in [5, 5.41) is 11.9. The van der Waals surface area contributed by atoms with Gasteiger partial charge in [-0.05, 0) is 26.3 Å². The van der Waals surface area contributed by atoms with Crippen molar-refractivity contribution in [2.75, 3.05) is 13.2 Å². The lowest BCUT2D eigenvalue weighted by atomic mass is 10.2. The Labute approximate surface area is 63.6 Å². The molecule has 0 bridgehead atoms. The van der Waals surface area contributed by atoms with E-state index in [4.69, 9.17) is 5.11 Å². The molecule has 0 aliphatic heterocycles. The lowest BCUT2D eigenvalue weighted by molar-refractivity contribution is 0.269. The van der Waals surface area contributed by atoms with Gasteiger partial charge in [0.15, 0.2) is 0 Å². The summed E-state index contributed by atoms with van der Waals surface area (Å²) in [7, 11) is 0. The zero-order valence-corrected chi connectivity index (χ0v) is 7.06. The maximum absolute atomic E-state index is 8.55. The van der Waals surface area contributed by atoms with Crippen LogP contribution in [0.5, 0.6) is 0 Å². The molecule has 0 aromatic carbocycles. The second-order valence-electron chi connectivity index (χ2n) is 2.72. The summed E-state index contributed by atoms with van der Waals surface area (Å²) in [4.78, 5) is 0. The molecule has 2 nitrogen and oxygen atoms in total.